The van der Waals surface area contributed by atoms with E-state index in [1.54, 1.807) is 0 Å². The van der Waals surface area contributed by atoms with Crippen LogP contribution in [0, 0.1) is 10.1 Å². The highest BCUT2D eigenvalue weighted by Gasteiger charge is 2.33. The minimum absolute atomic E-state index is 0.102. The van der Waals surface area contributed by atoms with Crippen LogP contribution in [0.5, 0.6) is 0 Å². The van der Waals surface area contributed by atoms with Crippen LogP contribution < -0.4 is 4.90 Å². The van der Waals surface area contributed by atoms with Crippen molar-refractivity contribution in [1.82, 2.24) is 9.97 Å². The van der Waals surface area contributed by atoms with Crippen LogP contribution in [0.2, 0.25) is 5.15 Å². The summed E-state index contributed by atoms with van der Waals surface area (Å²) in [4.78, 5) is 20.4. The van der Waals surface area contributed by atoms with Gasteiger partial charge in [0.2, 0.25) is 11.0 Å². The van der Waals surface area contributed by atoms with Gasteiger partial charge < -0.3 is 4.90 Å². The van der Waals surface area contributed by atoms with Gasteiger partial charge in [0.15, 0.2) is 0 Å². The summed E-state index contributed by atoms with van der Waals surface area (Å²) < 4.78 is 0. The molecular weight excluding hydrogens is 256 g/mol. The molecule has 0 N–H and O–H groups in total. The third kappa shape index (κ3) is 2.25. The van der Waals surface area contributed by atoms with Gasteiger partial charge in [0.05, 0.1) is 4.92 Å². The lowest BCUT2D eigenvalue weighted by Crippen LogP contribution is -2.44. The predicted octanol–water partition coefficient (Wildman–Crippen LogP) is 2.81. The van der Waals surface area contributed by atoms with Gasteiger partial charge in [0, 0.05) is 12.1 Å². The van der Waals surface area contributed by atoms with Crippen molar-refractivity contribution in [3.63, 3.8) is 0 Å². The minimum atomic E-state index is -0.508. The second-order valence-corrected chi connectivity index (χ2v) is 4.99. The summed E-state index contributed by atoms with van der Waals surface area (Å²) in [6, 6.07) is 0.442. The fourth-order valence-corrected chi connectivity index (χ4v) is 2.73. The average Bonchev–Trinajstić information content (AvgIpc) is 2.28. The molecule has 6 nitrogen and oxygen atoms in total. The molecule has 1 aromatic rings. The molecule has 0 unspecified atom stereocenters. The molecule has 1 aliphatic rings. The molecule has 2 atom stereocenters. The Bertz CT molecular complexity index is 458. The molecule has 0 saturated carbocycles. The van der Waals surface area contributed by atoms with Crippen molar-refractivity contribution in [1.29, 1.82) is 0 Å². The first-order valence-corrected chi connectivity index (χ1v) is 6.33. The number of halogens is 1. The first kappa shape index (κ1) is 13.0. The third-order valence-electron chi connectivity index (χ3n) is 3.38. The Morgan fingerprint density at radius 3 is 2.56 bits per heavy atom. The summed E-state index contributed by atoms with van der Waals surface area (Å²) in [5.41, 5.74) is -0.195. The highest BCUT2D eigenvalue weighted by molar-refractivity contribution is 6.31. The van der Waals surface area contributed by atoms with Gasteiger partial charge in [-0.3, -0.25) is 10.1 Å². The molecule has 0 amide bonds. The van der Waals surface area contributed by atoms with E-state index in [9.17, 15) is 10.1 Å². The molecule has 0 aromatic carbocycles. The second-order valence-electron chi connectivity index (χ2n) is 4.63. The highest BCUT2D eigenvalue weighted by Crippen LogP contribution is 2.36. The van der Waals surface area contributed by atoms with E-state index in [4.69, 9.17) is 11.6 Å². The van der Waals surface area contributed by atoms with E-state index < -0.39 is 4.92 Å². The first-order valence-electron chi connectivity index (χ1n) is 5.95. The fourth-order valence-electron chi connectivity index (χ4n) is 2.53. The van der Waals surface area contributed by atoms with Crippen LogP contribution >= 0.6 is 11.6 Å². The third-order valence-corrected chi connectivity index (χ3v) is 3.66. The van der Waals surface area contributed by atoms with Gasteiger partial charge in [-0.1, -0.05) is 11.6 Å². The summed E-state index contributed by atoms with van der Waals surface area (Å²) >= 11 is 5.82. The van der Waals surface area contributed by atoms with Crippen LogP contribution in [0.1, 0.15) is 33.1 Å². The molecular formula is C11H15ClN4O2. The molecule has 1 fully saturated rings. The molecule has 18 heavy (non-hydrogen) atoms. The summed E-state index contributed by atoms with van der Waals surface area (Å²) in [6.07, 6.45) is 4.41. The Morgan fingerprint density at radius 1 is 1.39 bits per heavy atom. The van der Waals surface area contributed by atoms with Crippen LogP contribution in [0.25, 0.3) is 0 Å². The zero-order valence-corrected chi connectivity index (χ0v) is 11.1. The molecule has 1 aliphatic heterocycles. The molecule has 2 heterocycles. The maximum absolute atomic E-state index is 11.1. The molecule has 0 spiro atoms. The summed E-state index contributed by atoms with van der Waals surface area (Å²) in [5, 5.41) is 11.0. The molecule has 0 aliphatic carbocycles. The topological polar surface area (TPSA) is 72.2 Å². The summed E-state index contributed by atoms with van der Waals surface area (Å²) in [6.45, 7) is 4.10. The zero-order chi connectivity index (χ0) is 13.3. The molecule has 7 heteroatoms. The highest BCUT2D eigenvalue weighted by atomic mass is 35.5. The Balaban J connectivity index is 2.49. The van der Waals surface area contributed by atoms with Crippen LogP contribution in [0.3, 0.4) is 0 Å². The van der Waals surface area contributed by atoms with Crippen LogP contribution in [0.15, 0.2) is 6.33 Å². The van der Waals surface area contributed by atoms with Crippen LogP contribution in [0.4, 0.5) is 11.5 Å². The Hall–Kier alpha value is -1.43. The fraction of sp³-hybridized carbons (Fsp3) is 0.636. The molecule has 98 valence electrons. The standard InChI is InChI=1S/C11H15ClN4O2/c1-7-4-3-5-8(2)15(7)11-9(16(17)18)10(12)13-6-14-11/h6-8H,3-5H2,1-2H3/t7-,8+. The predicted molar refractivity (Wildman–Crippen MR) is 69.0 cm³/mol. The lowest BCUT2D eigenvalue weighted by molar-refractivity contribution is -0.384. The Morgan fingerprint density at radius 2 is 2.00 bits per heavy atom. The molecule has 1 aromatic heterocycles. The van der Waals surface area contributed by atoms with Crippen LogP contribution in [-0.2, 0) is 0 Å². The van der Waals surface area contributed by atoms with Crippen molar-refractivity contribution >= 4 is 23.1 Å². The van der Waals surface area contributed by atoms with Crippen molar-refractivity contribution in [2.75, 3.05) is 4.90 Å². The maximum Gasteiger partial charge on any atom is 0.348 e. The number of hydrogen-bond donors (Lipinski definition) is 0. The molecule has 0 bridgehead atoms. The van der Waals surface area contributed by atoms with E-state index in [1.807, 2.05) is 4.90 Å². The van der Waals surface area contributed by atoms with Gasteiger partial charge in [0.1, 0.15) is 6.33 Å². The minimum Gasteiger partial charge on any atom is -0.345 e. The first-order chi connectivity index (χ1) is 8.52. The summed E-state index contributed by atoms with van der Waals surface area (Å²) in [5.74, 6) is 0.333. The number of nitrogens with zero attached hydrogens (tertiary/aromatic N) is 4. The van der Waals surface area contributed by atoms with Gasteiger partial charge in [-0.05, 0) is 33.1 Å². The lowest BCUT2D eigenvalue weighted by Gasteiger charge is -2.39. The molecule has 0 radical (unpaired) electrons. The van der Waals surface area contributed by atoms with Gasteiger partial charge in [-0.2, -0.15) is 0 Å². The Kier molecular flexibility index (Phi) is 3.65. The Labute approximate surface area is 110 Å². The normalized spacial score (nSPS) is 24.1. The van der Waals surface area contributed by atoms with E-state index >= 15 is 0 Å². The average molecular weight is 271 g/mol. The van der Waals surface area contributed by atoms with Crippen LogP contribution in [-0.4, -0.2) is 27.0 Å². The van der Waals surface area contributed by atoms with E-state index in [0.29, 0.717) is 5.82 Å². The van der Waals surface area contributed by atoms with E-state index in [2.05, 4.69) is 23.8 Å². The van der Waals surface area contributed by atoms with E-state index in [0.717, 1.165) is 19.3 Å². The van der Waals surface area contributed by atoms with Crippen molar-refractivity contribution in [2.45, 2.75) is 45.2 Å². The van der Waals surface area contributed by atoms with E-state index in [1.165, 1.54) is 6.33 Å². The largest absolute Gasteiger partial charge is 0.348 e. The number of anilines is 1. The van der Waals surface area contributed by atoms with E-state index in [-0.39, 0.29) is 22.9 Å². The monoisotopic (exact) mass is 270 g/mol. The summed E-state index contributed by atoms with van der Waals surface area (Å²) in [7, 11) is 0. The van der Waals surface area contributed by atoms with Gasteiger partial charge >= 0.3 is 5.69 Å². The number of piperidine rings is 1. The maximum atomic E-state index is 11.1. The second kappa shape index (κ2) is 5.06. The number of aromatic nitrogens is 2. The molecule has 2 rings (SSSR count). The lowest BCUT2D eigenvalue weighted by atomic mass is 9.97. The number of rotatable bonds is 2. The van der Waals surface area contributed by atoms with Gasteiger partial charge in [0.25, 0.3) is 0 Å². The number of nitro groups is 1. The number of hydrogen-bond acceptors (Lipinski definition) is 5. The van der Waals surface area contributed by atoms with Crippen molar-refractivity contribution in [2.24, 2.45) is 0 Å². The van der Waals surface area contributed by atoms with Crippen molar-refractivity contribution < 1.29 is 4.92 Å². The van der Waals surface area contributed by atoms with Gasteiger partial charge in [-0.25, -0.2) is 9.97 Å². The zero-order valence-electron chi connectivity index (χ0n) is 10.3. The molecule has 1 saturated heterocycles. The smallest absolute Gasteiger partial charge is 0.345 e. The van der Waals surface area contributed by atoms with Gasteiger partial charge in [-0.15, -0.1) is 0 Å². The SMILES string of the molecule is C[C@@H]1CCC[C@H](C)N1c1ncnc(Cl)c1[N+](=O)[O-]. The van der Waals surface area contributed by atoms with Crippen molar-refractivity contribution in [3.8, 4) is 0 Å². The van der Waals surface area contributed by atoms with Crippen molar-refractivity contribution in [3.05, 3.63) is 21.6 Å². The quantitative estimate of drug-likeness (QED) is 0.469.